The largest absolute Gasteiger partial charge is 0.330 e. The Hall–Kier alpha value is -0.820. The van der Waals surface area contributed by atoms with Crippen LogP contribution in [0.2, 0.25) is 0 Å². The zero-order valence-corrected chi connectivity index (χ0v) is 11.3. The van der Waals surface area contributed by atoms with Gasteiger partial charge in [-0.15, -0.1) is 0 Å². The van der Waals surface area contributed by atoms with Crippen molar-refractivity contribution in [2.45, 2.75) is 46.5 Å². The molecule has 0 unspecified atom stereocenters. The summed E-state index contributed by atoms with van der Waals surface area (Å²) in [5.74, 6) is 0. The lowest BCUT2D eigenvalue weighted by Crippen LogP contribution is -2.25. The summed E-state index contributed by atoms with van der Waals surface area (Å²) in [6.45, 7) is 11.9. The van der Waals surface area contributed by atoms with Gasteiger partial charge in [-0.2, -0.15) is 0 Å². The zero-order chi connectivity index (χ0) is 12.4. The van der Waals surface area contributed by atoms with Crippen molar-refractivity contribution >= 4 is 0 Å². The summed E-state index contributed by atoms with van der Waals surface area (Å²) in [5, 5.41) is 0. The Balaban J connectivity index is 2.80. The molecule has 0 saturated heterocycles. The van der Waals surface area contributed by atoms with E-state index in [4.69, 9.17) is 5.73 Å². The molecule has 1 heteroatoms. The minimum absolute atomic E-state index is 0.198. The highest BCUT2D eigenvalue weighted by Gasteiger charge is 2.17. The number of benzene rings is 1. The highest BCUT2D eigenvalue weighted by atomic mass is 14.6. The molecule has 0 amide bonds. The molecule has 0 bridgehead atoms. The normalized spacial score (nSPS) is 12.9. The fourth-order valence-corrected chi connectivity index (χ4v) is 1.75. The van der Waals surface area contributed by atoms with Gasteiger partial charge >= 0.3 is 0 Å². The first kappa shape index (κ1) is 13.2. The lowest BCUT2D eigenvalue weighted by Gasteiger charge is -2.23. The molecular weight excluding hydrogens is 194 g/mol. The van der Waals surface area contributed by atoms with Crippen molar-refractivity contribution in [3.05, 3.63) is 35.4 Å². The molecule has 0 fully saturated rings. The summed E-state index contributed by atoms with van der Waals surface area (Å²) < 4.78 is 0. The van der Waals surface area contributed by atoms with Crippen LogP contribution in [0.1, 0.15) is 45.7 Å². The van der Waals surface area contributed by atoms with E-state index in [1.165, 1.54) is 11.1 Å². The maximum Gasteiger partial charge on any atom is -0.00226 e. The first-order valence-corrected chi connectivity index (χ1v) is 6.04. The predicted molar refractivity (Wildman–Crippen MR) is 71.7 cm³/mol. The van der Waals surface area contributed by atoms with Crippen LogP contribution in [-0.4, -0.2) is 6.54 Å². The van der Waals surface area contributed by atoms with Crippen LogP contribution >= 0.6 is 0 Å². The van der Waals surface area contributed by atoms with Gasteiger partial charge in [0.2, 0.25) is 0 Å². The van der Waals surface area contributed by atoms with E-state index in [0.717, 1.165) is 13.0 Å². The minimum atomic E-state index is 0.198. The fraction of sp³-hybridized carbons (Fsp3) is 0.600. The van der Waals surface area contributed by atoms with E-state index in [1.807, 2.05) is 0 Å². The van der Waals surface area contributed by atoms with Crippen LogP contribution in [0.25, 0.3) is 0 Å². The van der Waals surface area contributed by atoms with Crippen LogP contribution in [0, 0.1) is 5.41 Å². The monoisotopic (exact) mass is 219 g/mol. The van der Waals surface area contributed by atoms with Gasteiger partial charge in [-0.3, -0.25) is 0 Å². The lowest BCUT2D eigenvalue weighted by atomic mass is 9.83. The van der Waals surface area contributed by atoms with Crippen LogP contribution in [0.3, 0.4) is 0 Å². The molecule has 0 spiro atoms. The summed E-state index contributed by atoms with van der Waals surface area (Å²) >= 11 is 0. The molecule has 0 aromatic heterocycles. The van der Waals surface area contributed by atoms with Gasteiger partial charge < -0.3 is 5.73 Å². The van der Waals surface area contributed by atoms with Crippen molar-refractivity contribution in [3.8, 4) is 0 Å². The lowest BCUT2D eigenvalue weighted by molar-refractivity contribution is 0.376. The molecule has 0 aliphatic carbocycles. The first-order chi connectivity index (χ1) is 7.24. The Morgan fingerprint density at radius 3 is 1.81 bits per heavy atom. The molecule has 0 saturated carbocycles. The van der Waals surface area contributed by atoms with Crippen LogP contribution < -0.4 is 5.73 Å². The van der Waals surface area contributed by atoms with Crippen LogP contribution in [0.5, 0.6) is 0 Å². The van der Waals surface area contributed by atoms with Crippen LogP contribution in [-0.2, 0) is 11.8 Å². The second-order valence-corrected chi connectivity index (χ2v) is 6.49. The van der Waals surface area contributed by atoms with E-state index in [2.05, 4.69) is 58.9 Å². The standard InChI is InChI=1S/C15H25N/c1-14(2,3)13-8-6-12(7-9-13)10-15(4,5)11-16/h6-9H,10-11,16H2,1-5H3. The van der Waals surface area contributed by atoms with Gasteiger partial charge in [-0.1, -0.05) is 58.9 Å². The molecular formula is C15H25N. The predicted octanol–water partition coefficient (Wildman–Crippen LogP) is 3.51. The number of hydrogen-bond donors (Lipinski definition) is 1. The van der Waals surface area contributed by atoms with Crippen molar-refractivity contribution in [1.29, 1.82) is 0 Å². The van der Waals surface area contributed by atoms with E-state index in [0.29, 0.717) is 0 Å². The average molecular weight is 219 g/mol. The Morgan fingerprint density at radius 1 is 0.938 bits per heavy atom. The molecule has 0 radical (unpaired) electrons. The number of hydrogen-bond acceptors (Lipinski definition) is 1. The SMILES string of the molecule is CC(C)(CN)Cc1ccc(C(C)(C)C)cc1. The first-order valence-electron chi connectivity index (χ1n) is 6.04. The van der Waals surface area contributed by atoms with Gasteiger partial charge in [-0.05, 0) is 34.9 Å². The third-order valence-corrected chi connectivity index (χ3v) is 3.06. The van der Waals surface area contributed by atoms with Crippen molar-refractivity contribution in [2.75, 3.05) is 6.54 Å². The quantitative estimate of drug-likeness (QED) is 0.827. The van der Waals surface area contributed by atoms with Gasteiger partial charge in [-0.25, -0.2) is 0 Å². The van der Waals surface area contributed by atoms with Gasteiger partial charge in [0.25, 0.3) is 0 Å². The van der Waals surface area contributed by atoms with E-state index >= 15 is 0 Å². The van der Waals surface area contributed by atoms with Crippen LogP contribution in [0.15, 0.2) is 24.3 Å². The summed E-state index contributed by atoms with van der Waals surface area (Å²) in [7, 11) is 0. The molecule has 0 atom stereocenters. The highest BCUT2D eigenvalue weighted by molar-refractivity contribution is 5.28. The fourth-order valence-electron chi connectivity index (χ4n) is 1.75. The molecule has 16 heavy (non-hydrogen) atoms. The summed E-state index contributed by atoms with van der Waals surface area (Å²) in [4.78, 5) is 0. The van der Waals surface area contributed by atoms with Gasteiger partial charge in [0.15, 0.2) is 0 Å². The van der Waals surface area contributed by atoms with Crippen molar-refractivity contribution in [2.24, 2.45) is 11.1 Å². The molecule has 2 N–H and O–H groups in total. The Kier molecular flexibility index (Phi) is 3.80. The molecule has 0 aliphatic heterocycles. The topological polar surface area (TPSA) is 26.0 Å². The van der Waals surface area contributed by atoms with E-state index in [1.54, 1.807) is 0 Å². The molecule has 1 aromatic rings. The molecule has 90 valence electrons. The molecule has 1 aromatic carbocycles. The number of rotatable bonds is 3. The second kappa shape index (κ2) is 4.58. The number of nitrogens with two attached hydrogens (primary N) is 1. The summed E-state index contributed by atoms with van der Waals surface area (Å²) in [6, 6.07) is 8.94. The third-order valence-electron chi connectivity index (χ3n) is 3.06. The highest BCUT2D eigenvalue weighted by Crippen LogP contribution is 2.25. The van der Waals surface area contributed by atoms with Gasteiger partial charge in [0.1, 0.15) is 0 Å². The average Bonchev–Trinajstić information content (AvgIpc) is 2.16. The molecule has 1 nitrogen and oxygen atoms in total. The van der Waals surface area contributed by atoms with Crippen molar-refractivity contribution in [1.82, 2.24) is 0 Å². The van der Waals surface area contributed by atoms with E-state index < -0.39 is 0 Å². The summed E-state index contributed by atoms with van der Waals surface area (Å²) in [6.07, 6.45) is 1.05. The zero-order valence-electron chi connectivity index (χ0n) is 11.3. The Labute approximate surface area is 100 Å². The van der Waals surface area contributed by atoms with Crippen LogP contribution in [0.4, 0.5) is 0 Å². The van der Waals surface area contributed by atoms with Crippen molar-refractivity contribution in [3.63, 3.8) is 0 Å². The van der Waals surface area contributed by atoms with E-state index in [-0.39, 0.29) is 10.8 Å². The molecule has 0 aliphatic rings. The smallest absolute Gasteiger partial charge is 0.00226 e. The van der Waals surface area contributed by atoms with Crippen molar-refractivity contribution < 1.29 is 0 Å². The molecule has 1 rings (SSSR count). The third kappa shape index (κ3) is 3.64. The van der Waals surface area contributed by atoms with Gasteiger partial charge in [0, 0.05) is 0 Å². The minimum Gasteiger partial charge on any atom is -0.330 e. The summed E-state index contributed by atoms with van der Waals surface area (Å²) in [5.41, 5.74) is 8.96. The van der Waals surface area contributed by atoms with Gasteiger partial charge in [0.05, 0.1) is 0 Å². The van der Waals surface area contributed by atoms with E-state index in [9.17, 15) is 0 Å². The second-order valence-electron chi connectivity index (χ2n) is 6.49. The maximum atomic E-state index is 5.75. The maximum absolute atomic E-state index is 5.75. The Bertz CT molecular complexity index is 327. The molecule has 0 heterocycles. The Morgan fingerprint density at radius 2 is 1.44 bits per heavy atom.